The molecule has 2 unspecified atom stereocenters. The number of amides is 1. The van der Waals surface area contributed by atoms with Crippen LogP contribution >= 0.6 is 24.2 Å². The number of aromatic nitrogens is 2. The Balaban J connectivity index is 0.00000192. The Morgan fingerprint density at radius 2 is 2.30 bits per heavy atom. The normalized spacial score (nSPS) is 25.4. The van der Waals surface area contributed by atoms with Crippen molar-refractivity contribution in [1.29, 1.82) is 0 Å². The summed E-state index contributed by atoms with van der Waals surface area (Å²) < 4.78 is 5.49. The standard InChI is InChI=1S/C14H23N5O2S.ClH/c1-3-4-12(20)19-9-22-8-11(19)14-16-13(17-21-14)10-7-15-5-6-18(10)2;/h10-11,15H,3-9H2,1-2H3;1H. The van der Waals surface area contributed by atoms with Crippen LogP contribution in [0.4, 0.5) is 0 Å². The van der Waals surface area contributed by atoms with Crippen LogP contribution < -0.4 is 5.32 Å². The number of halogens is 1. The minimum Gasteiger partial charge on any atom is -0.337 e. The monoisotopic (exact) mass is 361 g/mol. The number of likely N-dealkylation sites (N-methyl/N-ethyl adjacent to an activating group) is 1. The third-order valence-electron chi connectivity index (χ3n) is 4.22. The van der Waals surface area contributed by atoms with Crippen LogP contribution in [0.5, 0.6) is 0 Å². The van der Waals surface area contributed by atoms with Gasteiger partial charge < -0.3 is 14.7 Å². The zero-order chi connectivity index (χ0) is 15.5. The van der Waals surface area contributed by atoms with Crippen molar-refractivity contribution in [3.05, 3.63) is 11.7 Å². The molecule has 0 spiro atoms. The molecule has 1 aromatic rings. The van der Waals surface area contributed by atoms with Crippen molar-refractivity contribution >= 4 is 30.1 Å². The Morgan fingerprint density at radius 1 is 1.48 bits per heavy atom. The largest absolute Gasteiger partial charge is 0.337 e. The molecule has 2 aliphatic heterocycles. The van der Waals surface area contributed by atoms with Crippen LogP contribution in [0.15, 0.2) is 4.52 Å². The van der Waals surface area contributed by atoms with Gasteiger partial charge in [-0.3, -0.25) is 9.69 Å². The highest BCUT2D eigenvalue weighted by Crippen LogP contribution is 2.33. The number of carbonyl (C=O) groups excluding carboxylic acids is 1. The van der Waals surface area contributed by atoms with E-state index in [1.807, 2.05) is 11.8 Å². The Bertz CT molecular complexity index is 529. The SMILES string of the molecule is CCCC(=O)N1CSCC1c1nc(C2CNCCN2C)no1.Cl. The van der Waals surface area contributed by atoms with Gasteiger partial charge in [0.2, 0.25) is 11.8 Å². The second-order valence-corrected chi connectivity index (χ2v) is 6.82. The van der Waals surface area contributed by atoms with Gasteiger partial charge in [0.05, 0.1) is 11.9 Å². The highest BCUT2D eigenvalue weighted by molar-refractivity contribution is 7.99. The van der Waals surface area contributed by atoms with Gasteiger partial charge in [-0.25, -0.2) is 0 Å². The Labute approximate surface area is 146 Å². The molecule has 2 atom stereocenters. The van der Waals surface area contributed by atoms with Gasteiger partial charge in [-0.1, -0.05) is 12.1 Å². The lowest BCUT2D eigenvalue weighted by atomic mass is 10.2. The number of piperazine rings is 1. The highest BCUT2D eigenvalue weighted by Gasteiger charge is 2.35. The number of nitrogens with zero attached hydrogens (tertiary/aromatic N) is 4. The van der Waals surface area contributed by atoms with Gasteiger partial charge in [-0.2, -0.15) is 4.98 Å². The minimum absolute atomic E-state index is 0. The van der Waals surface area contributed by atoms with Crippen molar-refractivity contribution in [3.8, 4) is 0 Å². The highest BCUT2D eigenvalue weighted by atomic mass is 35.5. The summed E-state index contributed by atoms with van der Waals surface area (Å²) in [5, 5.41) is 7.51. The van der Waals surface area contributed by atoms with E-state index >= 15 is 0 Å². The predicted octanol–water partition coefficient (Wildman–Crippen LogP) is 1.44. The van der Waals surface area contributed by atoms with E-state index in [1.54, 1.807) is 11.8 Å². The van der Waals surface area contributed by atoms with Crippen LogP contribution in [0.2, 0.25) is 0 Å². The molecule has 0 saturated carbocycles. The zero-order valence-electron chi connectivity index (χ0n) is 13.5. The van der Waals surface area contributed by atoms with E-state index < -0.39 is 0 Å². The number of carbonyl (C=O) groups is 1. The molecule has 130 valence electrons. The maximum Gasteiger partial charge on any atom is 0.250 e. The molecule has 0 bridgehead atoms. The average Bonchev–Trinajstić information content (AvgIpc) is 3.17. The summed E-state index contributed by atoms with van der Waals surface area (Å²) in [6, 6.07) is 0.0623. The molecule has 2 aliphatic rings. The van der Waals surface area contributed by atoms with Crippen LogP contribution in [0.25, 0.3) is 0 Å². The van der Waals surface area contributed by atoms with Gasteiger partial charge in [0.1, 0.15) is 6.04 Å². The first-order valence-electron chi connectivity index (χ1n) is 7.82. The fraction of sp³-hybridized carbons (Fsp3) is 0.786. The van der Waals surface area contributed by atoms with Crippen molar-refractivity contribution in [2.75, 3.05) is 38.3 Å². The van der Waals surface area contributed by atoms with Crippen molar-refractivity contribution in [2.24, 2.45) is 0 Å². The molecule has 1 aromatic heterocycles. The smallest absolute Gasteiger partial charge is 0.250 e. The average molecular weight is 362 g/mol. The summed E-state index contributed by atoms with van der Waals surface area (Å²) in [6.45, 7) is 4.80. The second kappa shape index (κ2) is 8.32. The molecule has 0 aromatic carbocycles. The van der Waals surface area contributed by atoms with Crippen molar-refractivity contribution in [3.63, 3.8) is 0 Å². The van der Waals surface area contributed by atoms with E-state index in [0.717, 1.165) is 31.8 Å². The van der Waals surface area contributed by atoms with E-state index in [0.29, 0.717) is 24.0 Å². The van der Waals surface area contributed by atoms with E-state index in [-0.39, 0.29) is 30.4 Å². The molecule has 2 fully saturated rings. The van der Waals surface area contributed by atoms with Crippen molar-refractivity contribution in [2.45, 2.75) is 31.8 Å². The molecule has 1 N–H and O–H groups in total. The van der Waals surface area contributed by atoms with Gasteiger partial charge in [0, 0.05) is 31.8 Å². The van der Waals surface area contributed by atoms with Crippen molar-refractivity contribution in [1.82, 2.24) is 25.3 Å². The van der Waals surface area contributed by atoms with Gasteiger partial charge in [0.15, 0.2) is 5.82 Å². The zero-order valence-corrected chi connectivity index (χ0v) is 15.2. The fourth-order valence-electron chi connectivity index (χ4n) is 2.86. The predicted molar refractivity (Wildman–Crippen MR) is 91.6 cm³/mol. The van der Waals surface area contributed by atoms with Crippen LogP contribution in [0.1, 0.15) is 43.6 Å². The lowest BCUT2D eigenvalue weighted by molar-refractivity contribution is -0.132. The van der Waals surface area contributed by atoms with Crippen LogP contribution in [0, 0.1) is 0 Å². The van der Waals surface area contributed by atoms with Gasteiger partial charge >= 0.3 is 0 Å². The van der Waals surface area contributed by atoms with Crippen LogP contribution in [-0.2, 0) is 4.79 Å². The van der Waals surface area contributed by atoms with E-state index in [9.17, 15) is 4.79 Å². The maximum absolute atomic E-state index is 12.2. The number of hydrogen-bond donors (Lipinski definition) is 1. The Hall–Kier alpha value is -0.830. The molecule has 7 nitrogen and oxygen atoms in total. The third-order valence-corrected chi connectivity index (χ3v) is 5.23. The Morgan fingerprint density at radius 3 is 3.04 bits per heavy atom. The molecular formula is C14H24ClN5O2S. The number of nitrogens with one attached hydrogen (secondary N) is 1. The quantitative estimate of drug-likeness (QED) is 0.869. The molecule has 0 aliphatic carbocycles. The molecule has 3 heterocycles. The molecular weight excluding hydrogens is 338 g/mol. The summed E-state index contributed by atoms with van der Waals surface area (Å²) in [4.78, 5) is 20.9. The first-order valence-corrected chi connectivity index (χ1v) is 8.97. The van der Waals surface area contributed by atoms with Gasteiger partial charge in [-0.05, 0) is 13.5 Å². The first-order chi connectivity index (χ1) is 10.7. The summed E-state index contributed by atoms with van der Waals surface area (Å²) in [5.41, 5.74) is 0. The maximum atomic E-state index is 12.2. The summed E-state index contributed by atoms with van der Waals surface area (Å²) in [5.74, 6) is 3.00. The molecule has 1 amide bonds. The number of thioether (sulfide) groups is 1. The summed E-state index contributed by atoms with van der Waals surface area (Å²) in [6.07, 6.45) is 1.44. The molecule has 0 radical (unpaired) electrons. The lowest BCUT2D eigenvalue weighted by Gasteiger charge is -2.30. The van der Waals surface area contributed by atoms with E-state index in [2.05, 4.69) is 27.4 Å². The molecule has 9 heteroatoms. The van der Waals surface area contributed by atoms with E-state index in [1.165, 1.54) is 0 Å². The van der Waals surface area contributed by atoms with Gasteiger partial charge in [-0.15, -0.1) is 24.2 Å². The first kappa shape index (κ1) is 18.5. The van der Waals surface area contributed by atoms with Crippen LogP contribution in [0.3, 0.4) is 0 Å². The number of rotatable bonds is 4. The number of hydrogen-bond acceptors (Lipinski definition) is 7. The Kier molecular flexibility index (Phi) is 6.70. The van der Waals surface area contributed by atoms with Crippen LogP contribution in [-0.4, -0.2) is 64.2 Å². The topological polar surface area (TPSA) is 74.5 Å². The van der Waals surface area contributed by atoms with Gasteiger partial charge in [0.25, 0.3) is 0 Å². The van der Waals surface area contributed by atoms with Crippen molar-refractivity contribution < 1.29 is 9.32 Å². The summed E-state index contributed by atoms with van der Waals surface area (Å²) >= 11 is 1.74. The summed E-state index contributed by atoms with van der Waals surface area (Å²) in [7, 11) is 2.07. The minimum atomic E-state index is -0.0767. The molecule has 3 rings (SSSR count). The molecule has 23 heavy (non-hydrogen) atoms. The molecule has 2 saturated heterocycles. The lowest BCUT2D eigenvalue weighted by Crippen LogP contribution is -2.44. The second-order valence-electron chi connectivity index (χ2n) is 5.82. The van der Waals surface area contributed by atoms with E-state index in [4.69, 9.17) is 4.52 Å². The fourth-order valence-corrected chi connectivity index (χ4v) is 4.03. The third kappa shape index (κ3) is 3.99.